The molecule has 0 saturated heterocycles. The van der Waals surface area contributed by atoms with Gasteiger partial charge in [-0.05, 0) is 32.3 Å². The maximum Gasteiger partial charge on any atom is 0.375 e. The number of para-hydroxylation sites is 1. The highest BCUT2D eigenvalue weighted by Crippen LogP contribution is 2.35. The molecule has 6 heteroatoms. The molecule has 2 aromatic rings. The second-order valence-corrected chi connectivity index (χ2v) is 8.72. The number of hydrogen-bond acceptors (Lipinski definition) is 5. The van der Waals surface area contributed by atoms with Crippen LogP contribution in [0, 0.1) is 0 Å². The van der Waals surface area contributed by atoms with Crippen LogP contribution in [0.1, 0.15) is 68.5 Å². The Balaban J connectivity index is 1.70. The first-order chi connectivity index (χ1) is 13.6. The molecule has 0 spiro atoms. The summed E-state index contributed by atoms with van der Waals surface area (Å²) in [7, 11) is 0. The third kappa shape index (κ3) is 5.31. The molecule has 1 aromatic carbocycles. The van der Waals surface area contributed by atoms with E-state index in [-0.39, 0.29) is 24.3 Å². The van der Waals surface area contributed by atoms with Gasteiger partial charge in [0.15, 0.2) is 6.61 Å². The van der Waals surface area contributed by atoms with Crippen molar-refractivity contribution in [2.24, 2.45) is 0 Å². The molecule has 0 radical (unpaired) electrons. The van der Waals surface area contributed by atoms with Crippen molar-refractivity contribution in [2.45, 2.75) is 69.4 Å². The van der Waals surface area contributed by atoms with Crippen molar-refractivity contribution in [3.63, 3.8) is 0 Å². The number of benzene rings is 1. The molecule has 152 valence electrons. The number of carbonyl (C=O) groups excluding carboxylic acids is 2. The number of carbonyl (C=O) groups is 2. The number of thioether (sulfide) groups is 1. The van der Waals surface area contributed by atoms with Crippen molar-refractivity contribution in [1.29, 1.82) is 0 Å². The Bertz CT molecular complexity index is 810. The van der Waals surface area contributed by atoms with Gasteiger partial charge in [-0.25, -0.2) is 4.79 Å². The molecule has 1 atom stereocenters. The minimum absolute atomic E-state index is 0.0554. The van der Waals surface area contributed by atoms with Crippen LogP contribution in [-0.2, 0) is 15.3 Å². The van der Waals surface area contributed by atoms with E-state index in [1.54, 1.807) is 0 Å². The molecule has 3 rings (SSSR count). The zero-order chi connectivity index (χ0) is 19.9. The van der Waals surface area contributed by atoms with E-state index in [0.29, 0.717) is 16.6 Å². The molecule has 0 aliphatic heterocycles. The summed E-state index contributed by atoms with van der Waals surface area (Å²) >= 11 is 1.89. The number of amides is 1. The Kier molecular flexibility index (Phi) is 7.43. The molecule has 1 aliphatic carbocycles. The molecule has 1 N–H and O–H groups in total. The van der Waals surface area contributed by atoms with Gasteiger partial charge in [0.05, 0.1) is 0 Å². The van der Waals surface area contributed by atoms with Crippen molar-refractivity contribution >= 4 is 34.6 Å². The maximum atomic E-state index is 12.6. The van der Waals surface area contributed by atoms with E-state index in [9.17, 15) is 9.59 Å². The van der Waals surface area contributed by atoms with Crippen molar-refractivity contribution in [3.8, 4) is 0 Å². The van der Waals surface area contributed by atoms with Crippen LogP contribution in [0.25, 0.3) is 11.0 Å². The normalized spacial score (nSPS) is 16.1. The molecule has 0 bridgehead atoms. The molecule has 1 heterocycles. The highest BCUT2D eigenvalue weighted by Gasteiger charge is 2.24. The maximum absolute atomic E-state index is 12.6. The van der Waals surface area contributed by atoms with Gasteiger partial charge in [0.1, 0.15) is 5.58 Å². The Morgan fingerprint density at radius 2 is 2.00 bits per heavy atom. The van der Waals surface area contributed by atoms with Gasteiger partial charge in [0.25, 0.3) is 5.91 Å². The molecule has 1 saturated carbocycles. The number of esters is 1. The lowest BCUT2D eigenvalue weighted by Crippen LogP contribution is -2.35. The summed E-state index contributed by atoms with van der Waals surface area (Å²) in [6, 6.07) is 7.72. The molecule has 1 fully saturated rings. The summed E-state index contributed by atoms with van der Waals surface area (Å²) in [6.45, 7) is 3.61. The number of fused-ring (bicyclic) bond motifs is 1. The Hall–Kier alpha value is -1.95. The van der Waals surface area contributed by atoms with Crippen molar-refractivity contribution < 1.29 is 18.7 Å². The number of nitrogens with one attached hydrogen (secondary N) is 1. The van der Waals surface area contributed by atoms with Crippen molar-refractivity contribution in [1.82, 2.24) is 5.32 Å². The highest BCUT2D eigenvalue weighted by molar-refractivity contribution is 7.99. The largest absolute Gasteiger partial charge is 0.450 e. The Morgan fingerprint density at radius 1 is 1.25 bits per heavy atom. The molecule has 5 nitrogen and oxygen atoms in total. The quantitative estimate of drug-likeness (QED) is 0.623. The van der Waals surface area contributed by atoms with Gasteiger partial charge in [0.2, 0.25) is 5.76 Å². The SMILES string of the molecule is CC[C@H](C)NC(=O)COC(=O)c1oc2ccccc2c1CSC1CCCCC1. The average molecular weight is 404 g/mol. The van der Waals surface area contributed by atoms with Crippen LogP contribution in [-0.4, -0.2) is 29.8 Å². The summed E-state index contributed by atoms with van der Waals surface area (Å²) in [5.74, 6) is 0.0677. The first-order valence-electron chi connectivity index (χ1n) is 10.2. The fraction of sp³-hybridized carbons (Fsp3) is 0.545. The van der Waals surface area contributed by atoms with Gasteiger partial charge in [-0.15, -0.1) is 0 Å². The van der Waals surface area contributed by atoms with Gasteiger partial charge in [-0.3, -0.25) is 4.79 Å². The minimum Gasteiger partial charge on any atom is -0.450 e. The first kappa shape index (κ1) is 20.8. The van der Waals surface area contributed by atoms with E-state index < -0.39 is 5.97 Å². The molecule has 1 amide bonds. The second kappa shape index (κ2) is 10.0. The lowest BCUT2D eigenvalue weighted by atomic mass is 10.0. The van der Waals surface area contributed by atoms with Gasteiger partial charge in [-0.2, -0.15) is 11.8 Å². The summed E-state index contributed by atoms with van der Waals surface area (Å²) < 4.78 is 11.1. The van der Waals surface area contributed by atoms with Crippen molar-refractivity contribution in [2.75, 3.05) is 6.61 Å². The Labute approximate surface area is 170 Å². The number of ether oxygens (including phenoxy) is 1. The highest BCUT2D eigenvalue weighted by atomic mass is 32.2. The zero-order valence-electron chi connectivity index (χ0n) is 16.7. The zero-order valence-corrected chi connectivity index (χ0v) is 17.5. The van der Waals surface area contributed by atoms with E-state index in [1.165, 1.54) is 32.1 Å². The minimum atomic E-state index is -0.574. The van der Waals surface area contributed by atoms with Crippen LogP contribution in [0.2, 0.25) is 0 Å². The van der Waals surface area contributed by atoms with Crippen molar-refractivity contribution in [3.05, 3.63) is 35.6 Å². The monoisotopic (exact) mass is 403 g/mol. The first-order valence-corrected chi connectivity index (χ1v) is 11.2. The summed E-state index contributed by atoms with van der Waals surface area (Å²) in [5.41, 5.74) is 1.55. The topological polar surface area (TPSA) is 68.5 Å². The third-order valence-electron chi connectivity index (χ3n) is 5.25. The number of furan rings is 1. The lowest BCUT2D eigenvalue weighted by Gasteiger charge is -2.20. The van der Waals surface area contributed by atoms with E-state index in [4.69, 9.17) is 9.15 Å². The molecular formula is C22H29NO4S. The fourth-order valence-electron chi connectivity index (χ4n) is 3.46. The van der Waals surface area contributed by atoms with Gasteiger partial charge in [-0.1, -0.05) is 44.4 Å². The molecular weight excluding hydrogens is 374 g/mol. The third-order valence-corrected chi connectivity index (χ3v) is 6.65. The van der Waals surface area contributed by atoms with Gasteiger partial charge >= 0.3 is 5.97 Å². The smallest absolute Gasteiger partial charge is 0.375 e. The predicted molar refractivity (Wildman–Crippen MR) is 113 cm³/mol. The average Bonchev–Trinajstić information content (AvgIpc) is 3.10. The van der Waals surface area contributed by atoms with Crippen LogP contribution in [0.4, 0.5) is 0 Å². The summed E-state index contributed by atoms with van der Waals surface area (Å²) in [5, 5.41) is 4.37. The lowest BCUT2D eigenvalue weighted by molar-refractivity contribution is -0.124. The Morgan fingerprint density at radius 3 is 2.75 bits per heavy atom. The summed E-state index contributed by atoms with van der Waals surface area (Å²) in [4.78, 5) is 24.6. The van der Waals surface area contributed by atoms with Crippen LogP contribution < -0.4 is 5.32 Å². The number of rotatable bonds is 8. The van der Waals surface area contributed by atoms with E-state index in [1.807, 2.05) is 49.9 Å². The van der Waals surface area contributed by atoms with Gasteiger partial charge < -0.3 is 14.5 Å². The molecule has 0 unspecified atom stereocenters. The van der Waals surface area contributed by atoms with E-state index in [0.717, 1.165) is 17.4 Å². The van der Waals surface area contributed by atoms with Crippen LogP contribution in [0.15, 0.2) is 28.7 Å². The van der Waals surface area contributed by atoms with E-state index in [2.05, 4.69) is 5.32 Å². The second-order valence-electron chi connectivity index (χ2n) is 7.43. The van der Waals surface area contributed by atoms with Crippen LogP contribution >= 0.6 is 11.8 Å². The number of hydrogen-bond donors (Lipinski definition) is 1. The molecule has 28 heavy (non-hydrogen) atoms. The molecule has 1 aliphatic rings. The summed E-state index contributed by atoms with van der Waals surface area (Å²) in [6.07, 6.45) is 7.17. The van der Waals surface area contributed by atoms with E-state index >= 15 is 0 Å². The molecule has 1 aromatic heterocycles. The fourth-order valence-corrected chi connectivity index (χ4v) is 4.81. The predicted octanol–water partition coefficient (Wildman–Crippen LogP) is 5.07. The standard InChI is InChI=1S/C22H29NO4S/c1-3-15(2)23-20(24)13-26-22(25)21-18(14-28-16-9-5-4-6-10-16)17-11-7-8-12-19(17)27-21/h7-8,11-12,15-16H,3-6,9-10,13-14H2,1-2H3,(H,23,24)/t15-/m0/s1. The van der Waals surface area contributed by atoms with Gasteiger partial charge in [0, 0.05) is 28.0 Å². The van der Waals surface area contributed by atoms with Crippen LogP contribution in [0.5, 0.6) is 0 Å². The van der Waals surface area contributed by atoms with Crippen LogP contribution in [0.3, 0.4) is 0 Å².